The van der Waals surface area contributed by atoms with Crippen LogP contribution >= 0.6 is 11.6 Å². The summed E-state index contributed by atoms with van der Waals surface area (Å²) in [6.45, 7) is -0.181. The van der Waals surface area contributed by atoms with Crippen LogP contribution in [0.1, 0.15) is 31.7 Å². The molecule has 1 aliphatic carbocycles. The molecule has 0 atom stereocenters. The summed E-state index contributed by atoms with van der Waals surface area (Å²) in [5.41, 5.74) is 1.40. The number of halogens is 1. The first kappa shape index (κ1) is 13.3. The van der Waals surface area contributed by atoms with Gasteiger partial charge in [0, 0.05) is 6.04 Å². The Morgan fingerprint density at radius 1 is 1.45 bits per heavy atom. The number of hydrogen-bond donors (Lipinski definition) is 2. The number of amides is 1. The summed E-state index contributed by atoms with van der Waals surface area (Å²) in [4.78, 5) is 20.4. The highest BCUT2D eigenvalue weighted by molar-refractivity contribution is 6.29. The number of carbonyl (C=O) groups excluding carboxylic acids is 1. The van der Waals surface area contributed by atoms with Crippen LogP contribution in [0, 0.1) is 0 Å². The van der Waals surface area contributed by atoms with Crippen LogP contribution in [-0.4, -0.2) is 32.2 Å². The number of rotatable bonds is 4. The zero-order chi connectivity index (χ0) is 14.1. The number of aromatic nitrogens is 3. The highest BCUT2D eigenvalue weighted by Gasteiger charge is 2.26. The minimum atomic E-state index is -0.255. The van der Waals surface area contributed by atoms with Gasteiger partial charge in [-0.05, 0) is 31.4 Å². The van der Waals surface area contributed by atoms with E-state index in [0.29, 0.717) is 28.3 Å². The fourth-order valence-electron chi connectivity index (χ4n) is 2.32. The van der Waals surface area contributed by atoms with E-state index in [4.69, 9.17) is 16.7 Å². The fourth-order valence-corrected chi connectivity index (χ4v) is 2.46. The number of nitrogens with one attached hydrogen (secondary N) is 1. The molecule has 1 fully saturated rings. The minimum absolute atomic E-state index is 0.0576. The second-order valence-electron chi connectivity index (χ2n) is 4.89. The van der Waals surface area contributed by atoms with E-state index in [1.807, 2.05) is 4.57 Å². The van der Waals surface area contributed by atoms with E-state index in [9.17, 15) is 4.79 Å². The quantitative estimate of drug-likeness (QED) is 0.847. The highest BCUT2D eigenvalue weighted by Crippen LogP contribution is 2.36. The fraction of sp³-hybridized carbons (Fsp3) is 0.462. The number of aliphatic hydroxyl groups excluding tert-OH is 1. The van der Waals surface area contributed by atoms with Crippen molar-refractivity contribution in [3.05, 3.63) is 17.3 Å². The van der Waals surface area contributed by atoms with Gasteiger partial charge >= 0.3 is 0 Å². The molecule has 0 aliphatic heterocycles. The molecule has 1 saturated carbocycles. The van der Waals surface area contributed by atoms with Gasteiger partial charge in [-0.1, -0.05) is 11.6 Å². The van der Waals surface area contributed by atoms with E-state index in [0.717, 1.165) is 19.3 Å². The summed E-state index contributed by atoms with van der Waals surface area (Å²) >= 11 is 5.95. The van der Waals surface area contributed by atoms with Crippen molar-refractivity contribution in [2.75, 3.05) is 11.9 Å². The lowest BCUT2D eigenvalue weighted by Crippen LogP contribution is -2.22. The van der Waals surface area contributed by atoms with Gasteiger partial charge in [0.2, 0.25) is 11.9 Å². The van der Waals surface area contributed by atoms with E-state index < -0.39 is 0 Å². The Hall–Kier alpha value is -1.66. The molecular weight excluding hydrogens is 280 g/mol. The smallest absolute Gasteiger partial charge is 0.228 e. The molecule has 1 amide bonds. The second kappa shape index (κ2) is 5.38. The third-order valence-electron chi connectivity index (χ3n) is 3.53. The van der Waals surface area contributed by atoms with Crippen molar-refractivity contribution in [3.8, 4) is 0 Å². The molecule has 106 valence electrons. The minimum Gasteiger partial charge on any atom is -0.396 e. The Labute approximate surface area is 120 Å². The SMILES string of the molecule is O=C(CCO)Nc1nc2ccc(Cl)nc2n1C1CCC1. The average Bonchev–Trinajstić information content (AvgIpc) is 2.66. The topological polar surface area (TPSA) is 80.0 Å². The predicted octanol–water partition coefficient (Wildman–Crippen LogP) is 2.13. The lowest BCUT2D eigenvalue weighted by atomic mass is 9.93. The first-order valence-electron chi connectivity index (χ1n) is 6.64. The summed E-state index contributed by atoms with van der Waals surface area (Å²) in [5.74, 6) is 0.229. The van der Waals surface area contributed by atoms with Gasteiger partial charge in [-0.3, -0.25) is 14.7 Å². The van der Waals surface area contributed by atoms with Crippen LogP contribution in [0.3, 0.4) is 0 Å². The molecule has 20 heavy (non-hydrogen) atoms. The molecule has 6 nitrogen and oxygen atoms in total. The maximum absolute atomic E-state index is 11.7. The van der Waals surface area contributed by atoms with E-state index in [1.165, 1.54) is 0 Å². The van der Waals surface area contributed by atoms with Gasteiger partial charge in [0.1, 0.15) is 10.7 Å². The van der Waals surface area contributed by atoms with Crippen molar-refractivity contribution < 1.29 is 9.90 Å². The summed E-state index contributed by atoms with van der Waals surface area (Å²) in [5, 5.41) is 12.0. The largest absolute Gasteiger partial charge is 0.396 e. The lowest BCUT2D eigenvalue weighted by Gasteiger charge is -2.28. The number of aliphatic hydroxyl groups is 1. The molecule has 0 aromatic carbocycles. The molecule has 2 heterocycles. The van der Waals surface area contributed by atoms with E-state index >= 15 is 0 Å². The van der Waals surface area contributed by atoms with Crippen molar-refractivity contribution in [3.63, 3.8) is 0 Å². The summed E-state index contributed by atoms with van der Waals surface area (Å²) < 4.78 is 1.94. The van der Waals surface area contributed by atoms with Crippen LogP contribution in [-0.2, 0) is 4.79 Å². The van der Waals surface area contributed by atoms with Gasteiger partial charge in [-0.2, -0.15) is 0 Å². The number of pyridine rings is 1. The van der Waals surface area contributed by atoms with Gasteiger partial charge in [-0.25, -0.2) is 9.97 Å². The summed E-state index contributed by atoms with van der Waals surface area (Å²) in [7, 11) is 0. The molecule has 0 radical (unpaired) electrons. The van der Waals surface area contributed by atoms with Crippen LogP contribution in [0.2, 0.25) is 5.15 Å². The maximum atomic E-state index is 11.7. The zero-order valence-electron chi connectivity index (χ0n) is 10.8. The first-order valence-corrected chi connectivity index (χ1v) is 7.02. The normalized spacial score (nSPS) is 15.3. The summed E-state index contributed by atoms with van der Waals surface area (Å²) in [6.07, 6.45) is 3.31. The second-order valence-corrected chi connectivity index (χ2v) is 5.28. The molecule has 2 aromatic heterocycles. The average molecular weight is 295 g/mol. The van der Waals surface area contributed by atoms with Crippen molar-refractivity contribution in [2.45, 2.75) is 31.7 Å². The van der Waals surface area contributed by atoms with Crippen LogP contribution in [0.25, 0.3) is 11.2 Å². The van der Waals surface area contributed by atoms with E-state index in [1.54, 1.807) is 12.1 Å². The molecule has 0 unspecified atom stereocenters. The van der Waals surface area contributed by atoms with Gasteiger partial charge in [0.05, 0.1) is 13.0 Å². The Kier molecular flexibility index (Phi) is 3.58. The number of imidazole rings is 1. The maximum Gasteiger partial charge on any atom is 0.228 e. The molecule has 3 rings (SSSR count). The van der Waals surface area contributed by atoms with E-state index in [2.05, 4.69) is 15.3 Å². The summed E-state index contributed by atoms with van der Waals surface area (Å²) in [6, 6.07) is 3.78. The Bertz CT molecular complexity index is 651. The number of anilines is 1. The van der Waals surface area contributed by atoms with Crippen LogP contribution in [0.5, 0.6) is 0 Å². The molecule has 0 bridgehead atoms. The molecule has 1 aliphatic rings. The Morgan fingerprint density at radius 2 is 2.25 bits per heavy atom. The molecular formula is C13H15ClN4O2. The van der Waals surface area contributed by atoms with Gasteiger partial charge in [0.25, 0.3) is 0 Å². The standard InChI is InChI=1S/C13H15ClN4O2/c14-10-5-4-9-12(16-10)18(8-2-1-3-8)13(15-9)17-11(20)6-7-19/h4-5,8,19H,1-3,6-7H2,(H,15,17,20). The lowest BCUT2D eigenvalue weighted by molar-refractivity contribution is -0.116. The van der Waals surface area contributed by atoms with E-state index in [-0.39, 0.29) is 18.9 Å². The number of fused-ring (bicyclic) bond motifs is 1. The van der Waals surface area contributed by atoms with Gasteiger partial charge in [0.15, 0.2) is 5.65 Å². The van der Waals surface area contributed by atoms with Crippen LogP contribution in [0.15, 0.2) is 12.1 Å². The molecule has 2 aromatic rings. The molecule has 2 N–H and O–H groups in total. The van der Waals surface area contributed by atoms with Gasteiger partial charge < -0.3 is 5.11 Å². The molecule has 0 saturated heterocycles. The highest BCUT2D eigenvalue weighted by atomic mass is 35.5. The van der Waals surface area contributed by atoms with Crippen molar-refractivity contribution >= 4 is 34.6 Å². The van der Waals surface area contributed by atoms with Crippen LogP contribution < -0.4 is 5.32 Å². The Balaban J connectivity index is 2.03. The van der Waals surface area contributed by atoms with Crippen molar-refractivity contribution in [1.82, 2.24) is 14.5 Å². The monoisotopic (exact) mass is 294 g/mol. The molecule has 0 spiro atoms. The number of nitrogens with zero attached hydrogens (tertiary/aromatic N) is 3. The Morgan fingerprint density at radius 3 is 2.90 bits per heavy atom. The predicted molar refractivity (Wildman–Crippen MR) is 75.8 cm³/mol. The first-order chi connectivity index (χ1) is 9.69. The third-order valence-corrected chi connectivity index (χ3v) is 3.74. The van der Waals surface area contributed by atoms with Gasteiger partial charge in [-0.15, -0.1) is 0 Å². The van der Waals surface area contributed by atoms with Crippen molar-refractivity contribution in [2.24, 2.45) is 0 Å². The zero-order valence-corrected chi connectivity index (χ0v) is 11.6. The number of carbonyl (C=O) groups is 1. The number of hydrogen-bond acceptors (Lipinski definition) is 4. The van der Waals surface area contributed by atoms with Crippen molar-refractivity contribution in [1.29, 1.82) is 0 Å². The third kappa shape index (κ3) is 2.36. The molecule has 7 heteroatoms. The van der Waals surface area contributed by atoms with Crippen LogP contribution in [0.4, 0.5) is 5.95 Å².